The van der Waals surface area contributed by atoms with E-state index >= 15 is 0 Å². The molecule has 3 heterocycles. The molecule has 1 atom stereocenters. The molecule has 2 aliphatic heterocycles. The molecule has 6 heteroatoms. The van der Waals surface area contributed by atoms with Crippen molar-refractivity contribution in [1.82, 2.24) is 14.5 Å². The highest BCUT2D eigenvalue weighted by Crippen LogP contribution is 2.33. The van der Waals surface area contributed by atoms with Crippen LogP contribution < -0.4 is 5.56 Å². The van der Waals surface area contributed by atoms with E-state index in [1.54, 1.807) is 16.3 Å². The summed E-state index contributed by atoms with van der Waals surface area (Å²) in [5.74, 6) is 0.948. The number of hydrogen-bond acceptors (Lipinski definition) is 4. The Bertz CT molecular complexity index is 620. The third-order valence-corrected chi connectivity index (χ3v) is 5.54. The van der Waals surface area contributed by atoms with Crippen molar-refractivity contribution in [3.8, 4) is 0 Å². The predicted octanol–water partition coefficient (Wildman–Crippen LogP) is 1.91. The number of hydrogen-bond donors (Lipinski definition) is 0. The Balaban J connectivity index is 1.80. The maximum atomic E-state index is 12.4. The maximum Gasteiger partial charge on any atom is 0.257 e. The zero-order chi connectivity index (χ0) is 15.0. The second-order valence-corrected chi connectivity index (χ2v) is 6.88. The Kier molecular flexibility index (Phi) is 4.06. The fourth-order valence-electron chi connectivity index (χ4n) is 3.00. The number of amides is 1. The molecule has 0 aromatic carbocycles. The van der Waals surface area contributed by atoms with Gasteiger partial charge in [-0.1, -0.05) is 11.8 Å². The molecule has 1 unspecified atom stereocenters. The van der Waals surface area contributed by atoms with Gasteiger partial charge in [-0.15, -0.1) is 0 Å². The molecule has 2 aliphatic rings. The second-order valence-electron chi connectivity index (χ2n) is 5.89. The van der Waals surface area contributed by atoms with Crippen LogP contribution in [0, 0.1) is 13.8 Å². The number of piperidine rings is 1. The zero-order valence-corrected chi connectivity index (χ0v) is 13.4. The van der Waals surface area contributed by atoms with Crippen molar-refractivity contribution in [2.45, 2.75) is 50.7 Å². The topological polar surface area (TPSA) is 55.2 Å². The van der Waals surface area contributed by atoms with Crippen LogP contribution in [0.25, 0.3) is 0 Å². The fourth-order valence-corrected chi connectivity index (χ4v) is 4.18. The van der Waals surface area contributed by atoms with Crippen LogP contribution in [0.4, 0.5) is 0 Å². The van der Waals surface area contributed by atoms with Crippen molar-refractivity contribution in [1.29, 1.82) is 0 Å². The van der Waals surface area contributed by atoms with Gasteiger partial charge in [0, 0.05) is 36.5 Å². The van der Waals surface area contributed by atoms with Crippen LogP contribution in [0.3, 0.4) is 0 Å². The van der Waals surface area contributed by atoms with Gasteiger partial charge < -0.3 is 4.90 Å². The fraction of sp³-hybridized carbons (Fsp3) is 0.667. The van der Waals surface area contributed by atoms with Crippen molar-refractivity contribution < 1.29 is 4.79 Å². The van der Waals surface area contributed by atoms with Crippen molar-refractivity contribution in [3.05, 3.63) is 21.6 Å². The minimum Gasteiger partial charge on any atom is -0.343 e. The average molecular weight is 307 g/mol. The van der Waals surface area contributed by atoms with E-state index in [0.717, 1.165) is 42.5 Å². The molecule has 0 saturated carbocycles. The van der Waals surface area contributed by atoms with Crippen LogP contribution in [0.1, 0.15) is 43.0 Å². The Morgan fingerprint density at radius 1 is 1.29 bits per heavy atom. The van der Waals surface area contributed by atoms with Crippen LogP contribution in [-0.4, -0.2) is 39.2 Å². The number of thioether (sulfide) groups is 1. The van der Waals surface area contributed by atoms with E-state index in [2.05, 4.69) is 4.98 Å². The second kappa shape index (κ2) is 5.83. The summed E-state index contributed by atoms with van der Waals surface area (Å²) in [6, 6.07) is -0.0428. The lowest BCUT2D eigenvalue weighted by Gasteiger charge is -2.28. The van der Waals surface area contributed by atoms with Gasteiger partial charge in [-0.2, -0.15) is 0 Å². The molecule has 1 amide bonds. The van der Waals surface area contributed by atoms with Crippen molar-refractivity contribution in [3.63, 3.8) is 0 Å². The number of carbonyl (C=O) groups excluding carboxylic acids is 1. The summed E-state index contributed by atoms with van der Waals surface area (Å²) in [5.41, 5.74) is 1.50. The molecule has 1 aromatic heterocycles. The van der Waals surface area contributed by atoms with Gasteiger partial charge in [0.1, 0.15) is 0 Å². The Hall–Kier alpha value is -1.30. The first kappa shape index (κ1) is 14.6. The summed E-state index contributed by atoms with van der Waals surface area (Å²) in [6.45, 7) is 5.41. The number of likely N-dealkylation sites (tertiary alicyclic amines) is 1. The van der Waals surface area contributed by atoms with E-state index in [1.165, 1.54) is 6.42 Å². The minimum absolute atomic E-state index is 0.0129. The molecule has 1 saturated heterocycles. The molecular formula is C15H21N3O2S. The molecular weight excluding hydrogens is 286 g/mol. The molecule has 114 valence electrons. The summed E-state index contributed by atoms with van der Waals surface area (Å²) in [4.78, 5) is 31.3. The number of fused-ring (bicyclic) bond motifs is 1. The van der Waals surface area contributed by atoms with Gasteiger partial charge >= 0.3 is 0 Å². The van der Waals surface area contributed by atoms with Crippen LogP contribution >= 0.6 is 11.8 Å². The van der Waals surface area contributed by atoms with E-state index in [-0.39, 0.29) is 17.5 Å². The molecule has 21 heavy (non-hydrogen) atoms. The SMILES string of the molecule is Cc1nc2n(c(=O)c1C)C(CC(=O)N1CCCCC1)CS2. The number of carbonyl (C=O) groups is 1. The summed E-state index contributed by atoms with van der Waals surface area (Å²) in [5, 5.41) is 0.763. The molecule has 0 radical (unpaired) electrons. The van der Waals surface area contributed by atoms with E-state index in [4.69, 9.17) is 0 Å². The number of nitrogens with zero attached hydrogens (tertiary/aromatic N) is 3. The lowest BCUT2D eigenvalue weighted by atomic mass is 10.1. The van der Waals surface area contributed by atoms with Crippen molar-refractivity contribution in [2.75, 3.05) is 18.8 Å². The van der Waals surface area contributed by atoms with Crippen LogP contribution in [0.5, 0.6) is 0 Å². The zero-order valence-electron chi connectivity index (χ0n) is 12.6. The van der Waals surface area contributed by atoms with Crippen molar-refractivity contribution in [2.24, 2.45) is 0 Å². The van der Waals surface area contributed by atoms with Crippen LogP contribution in [0.15, 0.2) is 9.95 Å². The van der Waals surface area contributed by atoms with E-state index < -0.39 is 0 Å². The summed E-state index contributed by atoms with van der Waals surface area (Å²) in [7, 11) is 0. The van der Waals surface area contributed by atoms with Crippen molar-refractivity contribution >= 4 is 17.7 Å². The number of aryl methyl sites for hydroxylation is 1. The molecule has 0 aliphatic carbocycles. The molecule has 1 aromatic rings. The van der Waals surface area contributed by atoms with Crippen LogP contribution in [0.2, 0.25) is 0 Å². The number of aromatic nitrogens is 2. The largest absolute Gasteiger partial charge is 0.343 e. The Morgan fingerprint density at radius 2 is 2.00 bits per heavy atom. The summed E-state index contributed by atoms with van der Waals surface area (Å²) < 4.78 is 1.73. The smallest absolute Gasteiger partial charge is 0.257 e. The number of rotatable bonds is 2. The van der Waals surface area contributed by atoms with Gasteiger partial charge in [0.15, 0.2) is 5.16 Å². The standard InChI is InChI=1S/C15H21N3O2S/c1-10-11(2)16-15-18(14(10)20)12(9-21-15)8-13(19)17-6-4-3-5-7-17/h12H,3-9H2,1-2H3. The molecule has 1 fully saturated rings. The third kappa shape index (κ3) is 2.73. The Labute approximate surface area is 128 Å². The lowest BCUT2D eigenvalue weighted by Crippen LogP contribution is -2.38. The monoisotopic (exact) mass is 307 g/mol. The molecule has 0 bridgehead atoms. The Morgan fingerprint density at radius 3 is 2.71 bits per heavy atom. The quantitative estimate of drug-likeness (QED) is 0.783. The molecule has 5 nitrogen and oxygen atoms in total. The van der Waals surface area contributed by atoms with Crippen LogP contribution in [-0.2, 0) is 4.79 Å². The first-order valence-corrected chi connectivity index (χ1v) is 8.57. The van der Waals surface area contributed by atoms with Gasteiger partial charge in [-0.3, -0.25) is 14.2 Å². The normalized spacial score (nSPS) is 21.4. The summed E-state index contributed by atoms with van der Waals surface area (Å²) >= 11 is 1.58. The first-order chi connectivity index (χ1) is 10.1. The highest BCUT2D eigenvalue weighted by Gasteiger charge is 2.30. The highest BCUT2D eigenvalue weighted by atomic mass is 32.2. The molecule has 3 rings (SSSR count). The van der Waals surface area contributed by atoms with E-state index in [1.807, 2.05) is 18.7 Å². The van der Waals surface area contributed by atoms with Gasteiger partial charge in [0.25, 0.3) is 5.56 Å². The minimum atomic E-state index is -0.0428. The first-order valence-electron chi connectivity index (χ1n) is 7.58. The summed E-state index contributed by atoms with van der Waals surface area (Å²) in [6.07, 6.45) is 3.83. The molecule has 0 N–H and O–H groups in total. The third-order valence-electron chi connectivity index (χ3n) is 4.44. The van der Waals surface area contributed by atoms with Gasteiger partial charge in [0.2, 0.25) is 5.91 Å². The lowest BCUT2D eigenvalue weighted by molar-refractivity contribution is -0.132. The highest BCUT2D eigenvalue weighted by molar-refractivity contribution is 7.99. The predicted molar refractivity (Wildman–Crippen MR) is 82.8 cm³/mol. The van der Waals surface area contributed by atoms with E-state index in [9.17, 15) is 9.59 Å². The van der Waals surface area contributed by atoms with E-state index in [0.29, 0.717) is 12.0 Å². The van der Waals surface area contributed by atoms with Gasteiger partial charge in [-0.25, -0.2) is 4.98 Å². The van der Waals surface area contributed by atoms with Gasteiger partial charge in [-0.05, 0) is 33.1 Å². The average Bonchev–Trinajstić information content (AvgIpc) is 2.88. The maximum absolute atomic E-state index is 12.4. The molecule has 0 spiro atoms. The van der Waals surface area contributed by atoms with Gasteiger partial charge in [0.05, 0.1) is 6.04 Å².